The predicted molar refractivity (Wildman–Crippen MR) is 197 cm³/mol. The van der Waals surface area contributed by atoms with Crippen LogP contribution in [0.25, 0.3) is 0 Å². The van der Waals surface area contributed by atoms with Crippen molar-refractivity contribution in [3.8, 4) is 0 Å². The average Bonchev–Trinajstić information content (AvgIpc) is 3.06. The molecule has 1 aliphatic heterocycles. The molecule has 2 unspecified atom stereocenters. The van der Waals surface area contributed by atoms with Gasteiger partial charge in [0.25, 0.3) is 5.91 Å². The Morgan fingerprint density at radius 2 is 1.40 bits per heavy atom. The molecule has 252 valence electrons. The first kappa shape index (κ1) is 35.2. The van der Waals surface area contributed by atoms with Crippen molar-refractivity contribution in [3.63, 3.8) is 0 Å². The largest absolute Gasteiger partial charge is 0.444 e. The van der Waals surface area contributed by atoms with Crippen LogP contribution in [0, 0.1) is 13.8 Å². The minimum absolute atomic E-state index is 0.0300. The summed E-state index contributed by atoms with van der Waals surface area (Å²) in [5.41, 5.74) is 4.66. The van der Waals surface area contributed by atoms with Crippen LogP contribution in [0.3, 0.4) is 0 Å². The van der Waals surface area contributed by atoms with E-state index in [1.54, 1.807) is 0 Å². The van der Waals surface area contributed by atoms with Crippen LogP contribution < -0.4 is 10.6 Å². The molecule has 6 nitrogen and oxygen atoms in total. The number of carbonyl (C=O) groups excluding carboxylic acids is 2. The summed E-state index contributed by atoms with van der Waals surface area (Å²) in [6.45, 7) is 14.8. The Bertz CT molecular complexity index is 1590. The van der Waals surface area contributed by atoms with Crippen LogP contribution in [0.4, 0.5) is 4.79 Å². The van der Waals surface area contributed by atoms with Crippen molar-refractivity contribution < 1.29 is 14.3 Å². The van der Waals surface area contributed by atoms with Gasteiger partial charge in [-0.1, -0.05) is 110 Å². The van der Waals surface area contributed by atoms with Crippen LogP contribution in [0.1, 0.15) is 79.2 Å². The molecule has 1 heterocycles. The van der Waals surface area contributed by atoms with Crippen LogP contribution >= 0.6 is 11.8 Å². The Hall–Kier alpha value is -4.07. The number of carbonyl (C=O) groups is 2. The number of nitrogens with one attached hydrogen (secondary N) is 2. The van der Waals surface area contributed by atoms with Crippen LogP contribution in [-0.4, -0.2) is 52.5 Å². The molecular formula is C41H49N3O3S. The maximum atomic E-state index is 14.5. The van der Waals surface area contributed by atoms with Gasteiger partial charge in [0.15, 0.2) is 0 Å². The van der Waals surface area contributed by atoms with Gasteiger partial charge in [-0.25, -0.2) is 4.79 Å². The third kappa shape index (κ3) is 7.63. The molecule has 4 aromatic rings. The van der Waals surface area contributed by atoms with Gasteiger partial charge in [0, 0.05) is 23.9 Å². The normalized spacial score (nSPS) is 19.0. The molecule has 2 amide bonds. The first-order chi connectivity index (χ1) is 22.8. The van der Waals surface area contributed by atoms with Gasteiger partial charge in [0.1, 0.15) is 11.3 Å². The number of benzene rings is 4. The lowest BCUT2D eigenvalue weighted by Crippen LogP contribution is -2.73. The number of thioether (sulfide) groups is 1. The summed E-state index contributed by atoms with van der Waals surface area (Å²) in [5.74, 6) is -0.0300. The number of piperazine rings is 1. The van der Waals surface area contributed by atoms with Crippen molar-refractivity contribution in [3.05, 3.63) is 143 Å². The molecule has 4 aromatic carbocycles. The Balaban J connectivity index is 1.58. The zero-order valence-electron chi connectivity index (χ0n) is 29.2. The van der Waals surface area contributed by atoms with Gasteiger partial charge in [-0.3, -0.25) is 10.1 Å². The van der Waals surface area contributed by atoms with Gasteiger partial charge < -0.3 is 15.0 Å². The number of nitrogens with zero attached hydrogens (tertiary/aromatic N) is 1. The average molecular weight is 664 g/mol. The number of rotatable bonds is 9. The molecule has 3 atom stereocenters. The zero-order chi connectivity index (χ0) is 34.5. The van der Waals surface area contributed by atoms with Crippen LogP contribution in [0.2, 0.25) is 0 Å². The molecule has 48 heavy (non-hydrogen) atoms. The van der Waals surface area contributed by atoms with Crippen molar-refractivity contribution in [2.24, 2.45) is 0 Å². The van der Waals surface area contributed by atoms with E-state index in [1.807, 2.05) is 76.4 Å². The van der Waals surface area contributed by atoms with Gasteiger partial charge in [-0.2, -0.15) is 0 Å². The van der Waals surface area contributed by atoms with E-state index >= 15 is 0 Å². The molecule has 7 heteroatoms. The topological polar surface area (TPSA) is 70.7 Å². The minimum Gasteiger partial charge on any atom is -0.444 e. The maximum absolute atomic E-state index is 14.5. The molecule has 0 aromatic heterocycles. The van der Waals surface area contributed by atoms with Crippen LogP contribution in [0.5, 0.6) is 0 Å². The lowest BCUT2D eigenvalue weighted by Gasteiger charge is -2.50. The van der Waals surface area contributed by atoms with E-state index in [0.717, 1.165) is 11.1 Å². The number of hydrogen-bond acceptors (Lipinski definition) is 5. The van der Waals surface area contributed by atoms with Crippen molar-refractivity contribution in [1.82, 2.24) is 15.5 Å². The highest BCUT2D eigenvalue weighted by Gasteiger charge is 2.47. The third-order valence-corrected chi connectivity index (χ3v) is 10.9. The van der Waals surface area contributed by atoms with E-state index in [-0.39, 0.29) is 17.2 Å². The predicted octanol–water partition coefficient (Wildman–Crippen LogP) is 8.46. The highest BCUT2D eigenvalue weighted by Crippen LogP contribution is 2.51. The Morgan fingerprint density at radius 3 is 1.90 bits per heavy atom. The zero-order valence-corrected chi connectivity index (χ0v) is 30.1. The summed E-state index contributed by atoms with van der Waals surface area (Å²) < 4.78 is 5.20. The molecule has 0 saturated carbocycles. The van der Waals surface area contributed by atoms with E-state index in [2.05, 4.69) is 109 Å². The molecule has 0 bridgehead atoms. The highest BCUT2D eigenvalue weighted by atomic mass is 32.2. The monoisotopic (exact) mass is 663 g/mol. The second-order valence-electron chi connectivity index (χ2n) is 14.0. The first-order valence-electron chi connectivity index (χ1n) is 16.8. The van der Waals surface area contributed by atoms with E-state index in [9.17, 15) is 9.59 Å². The molecule has 2 N–H and O–H groups in total. The summed E-state index contributed by atoms with van der Waals surface area (Å²) in [5, 5.41) is 6.76. The van der Waals surface area contributed by atoms with Gasteiger partial charge >= 0.3 is 6.09 Å². The second-order valence-corrected chi connectivity index (χ2v) is 15.6. The van der Waals surface area contributed by atoms with E-state index in [1.165, 1.54) is 16.7 Å². The maximum Gasteiger partial charge on any atom is 0.409 e. The second kappa shape index (κ2) is 14.6. The molecular weight excluding hydrogens is 615 g/mol. The summed E-state index contributed by atoms with van der Waals surface area (Å²) in [4.78, 5) is 29.7. The molecule has 0 spiro atoms. The van der Waals surface area contributed by atoms with Crippen molar-refractivity contribution in [1.29, 1.82) is 0 Å². The summed E-state index contributed by atoms with van der Waals surface area (Å²) in [7, 11) is 0. The fourth-order valence-corrected chi connectivity index (χ4v) is 8.49. The minimum atomic E-state index is -0.947. The quantitative estimate of drug-likeness (QED) is 0.176. The summed E-state index contributed by atoms with van der Waals surface area (Å²) >= 11 is 1.88. The molecule has 1 saturated heterocycles. The standard InChI is InChI=1S/C41H49N3O3S/c1-29-18-17-25-35(31(29)3)37(45)44-27-26-42-40(7,43-38(46)47-39(4,5)6)36(44)28-30(2)48-41(32-19-11-8-12-20-32,33-21-13-9-14-22-33)34-23-15-10-16-24-34/h8-25,30,36,42H,26-28H2,1-7H3,(H,43,46)/t30-,36?,40?/m0/s1. The Labute approximate surface area is 290 Å². The van der Waals surface area contributed by atoms with Gasteiger partial charge in [-0.05, 0) is 81.8 Å². The number of hydrogen-bond donors (Lipinski definition) is 2. The fraction of sp³-hybridized carbons (Fsp3) is 0.366. The highest BCUT2D eigenvalue weighted by molar-refractivity contribution is 8.01. The molecule has 1 fully saturated rings. The van der Waals surface area contributed by atoms with Crippen molar-refractivity contribution in [2.75, 3.05) is 13.1 Å². The number of ether oxygens (including phenoxy) is 1. The van der Waals surface area contributed by atoms with E-state index < -0.39 is 22.1 Å². The summed E-state index contributed by atoms with van der Waals surface area (Å²) in [6, 6.07) is 37.4. The van der Waals surface area contributed by atoms with E-state index in [0.29, 0.717) is 25.1 Å². The van der Waals surface area contributed by atoms with Crippen LogP contribution in [0.15, 0.2) is 109 Å². The van der Waals surface area contributed by atoms with Crippen LogP contribution in [-0.2, 0) is 9.48 Å². The lowest BCUT2D eigenvalue weighted by molar-refractivity contribution is 0.0118. The fourth-order valence-electron chi connectivity index (χ4n) is 6.79. The first-order valence-corrected chi connectivity index (χ1v) is 17.7. The summed E-state index contributed by atoms with van der Waals surface area (Å²) in [6.07, 6.45) is 0.0884. The third-order valence-electron chi connectivity index (χ3n) is 9.22. The van der Waals surface area contributed by atoms with Gasteiger partial charge in [-0.15, -0.1) is 11.8 Å². The number of aryl methyl sites for hydroxylation is 1. The number of amides is 2. The van der Waals surface area contributed by atoms with Crippen molar-refractivity contribution >= 4 is 23.8 Å². The van der Waals surface area contributed by atoms with E-state index in [4.69, 9.17) is 4.74 Å². The Kier molecular flexibility index (Phi) is 10.7. The lowest BCUT2D eigenvalue weighted by atomic mass is 9.84. The number of alkyl carbamates (subject to hydrolysis) is 1. The van der Waals surface area contributed by atoms with Crippen molar-refractivity contribution in [2.45, 2.75) is 82.2 Å². The molecule has 5 rings (SSSR count). The molecule has 0 radical (unpaired) electrons. The van der Waals surface area contributed by atoms with Gasteiger partial charge in [0.2, 0.25) is 0 Å². The Morgan fingerprint density at radius 1 is 0.875 bits per heavy atom. The smallest absolute Gasteiger partial charge is 0.409 e. The SMILES string of the molecule is Cc1cccc(C(=O)N2CCNC(C)(NC(=O)OC(C)(C)C)C2C[C@H](C)SC(c2ccccc2)(c2ccccc2)c2ccccc2)c1C. The molecule has 0 aliphatic carbocycles. The van der Waals surface area contributed by atoms with Gasteiger partial charge in [0.05, 0.1) is 10.8 Å². The molecule has 1 aliphatic rings.